The van der Waals surface area contributed by atoms with Gasteiger partial charge in [0.1, 0.15) is 5.75 Å². The highest BCUT2D eigenvalue weighted by molar-refractivity contribution is 5.85. The van der Waals surface area contributed by atoms with Crippen LogP contribution in [-0.2, 0) is 11.2 Å². The van der Waals surface area contributed by atoms with Crippen molar-refractivity contribution in [3.05, 3.63) is 72.9 Å². The number of hydrogen-bond acceptors (Lipinski definition) is 5. The average molecular weight is 432 g/mol. The zero-order valence-corrected chi connectivity index (χ0v) is 18.2. The van der Waals surface area contributed by atoms with Gasteiger partial charge in [-0.2, -0.15) is 5.26 Å². The summed E-state index contributed by atoms with van der Waals surface area (Å²) in [6.45, 7) is 9.44. The van der Waals surface area contributed by atoms with Gasteiger partial charge in [0.2, 0.25) is 0 Å². The molecule has 1 fully saturated rings. The molecule has 1 saturated heterocycles. The predicted octanol–water partition coefficient (Wildman–Crippen LogP) is 3.07. The molecular formula is C25H29N5O2. The number of carbonyl (C=O) groups excluding carboxylic acids is 1. The quantitative estimate of drug-likeness (QED) is 0.585. The zero-order chi connectivity index (χ0) is 22.9. The van der Waals surface area contributed by atoms with Crippen LogP contribution in [0.5, 0.6) is 5.75 Å². The maximum atomic E-state index is 12.6. The van der Waals surface area contributed by atoms with E-state index >= 15 is 0 Å². The van der Waals surface area contributed by atoms with E-state index in [9.17, 15) is 4.79 Å². The van der Waals surface area contributed by atoms with E-state index in [4.69, 9.17) is 15.7 Å². The molecule has 2 aromatic carbocycles. The second kappa shape index (κ2) is 11.0. The van der Waals surface area contributed by atoms with Crippen molar-refractivity contribution < 1.29 is 9.53 Å². The first-order valence-corrected chi connectivity index (χ1v) is 10.6. The normalized spacial score (nSPS) is 13.2. The van der Waals surface area contributed by atoms with Gasteiger partial charge in [0.15, 0.2) is 6.61 Å². The number of amides is 1. The number of nitrogens with zero attached hydrogens (tertiary/aromatic N) is 3. The Labute approximate surface area is 188 Å². The molecule has 3 aromatic rings. The zero-order valence-electron chi connectivity index (χ0n) is 18.2. The van der Waals surface area contributed by atoms with Crippen LogP contribution in [0.25, 0.3) is 10.9 Å². The second-order valence-electron chi connectivity index (χ2n) is 7.38. The van der Waals surface area contributed by atoms with Gasteiger partial charge in [0.05, 0.1) is 11.6 Å². The van der Waals surface area contributed by atoms with Crippen LogP contribution in [0.15, 0.2) is 61.8 Å². The average Bonchev–Trinajstić information content (AvgIpc) is 3.26. The molecule has 2 heterocycles. The fraction of sp³-hybridized carbons (Fsp3) is 0.280. The molecule has 1 amide bonds. The molecule has 7 nitrogen and oxygen atoms in total. The summed E-state index contributed by atoms with van der Waals surface area (Å²) >= 11 is 0. The van der Waals surface area contributed by atoms with Gasteiger partial charge in [-0.25, -0.2) is 0 Å². The van der Waals surface area contributed by atoms with Crippen LogP contribution in [0.3, 0.4) is 0 Å². The van der Waals surface area contributed by atoms with E-state index in [0.29, 0.717) is 30.9 Å². The van der Waals surface area contributed by atoms with Crippen LogP contribution in [-0.4, -0.2) is 55.1 Å². The van der Waals surface area contributed by atoms with Crippen LogP contribution in [0.4, 0.5) is 5.69 Å². The lowest BCUT2D eigenvalue weighted by molar-refractivity contribution is -0.133. The number of carbonyl (C=O) groups is 1. The van der Waals surface area contributed by atoms with E-state index in [1.54, 1.807) is 0 Å². The van der Waals surface area contributed by atoms with Gasteiger partial charge in [-0.1, -0.05) is 0 Å². The summed E-state index contributed by atoms with van der Waals surface area (Å²) < 4.78 is 5.79. The molecule has 0 aliphatic carbocycles. The third-order valence-electron chi connectivity index (χ3n) is 5.51. The molecule has 166 valence electrons. The maximum Gasteiger partial charge on any atom is 0.260 e. The molecular weight excluding hydrogens is 402 g/mol. The van der Waals surface area contributed by atoms with Gasteiger partial charge in [0, 0.05) is 49.0 Å². The summed E-state index contributed by atoms with van der Waals surface area (Å²) in [7, 11) is 0. The minimum atomic E-state index is -0.00849. The summed E-state index contributed by atoms with van der Waals surface area (Å²) in [5.74, 6) is 0.677. The maximum absolute atomic E-state index is 12.6. The first-order chi connectivity index (χ1) is 15.7. The SMILES string of the molecule is C=C.N#Cc1ccc(N2CCN(C(=O)COc3ccc4[nH]cc(CCN)c4c3)CC2)cc1. The van der Waals surface area contributed by atoms with Crippen LogP contribution >= 0.6 is 0 Å². The number of rotatable bonds is 6. The predicted molar refractivity (Wildman–Crippen MR) is 128 cm³/mol. The Kier molecular flexibility index (Phi) is 7.90. The Hall–Kier alpha value is -3.76. The number of H-pyrrole nitrogens is 1. The molecule has 3 N–H and O–H groups in total. The third kappa shape index (κ3) is 5.29. The number of hydrogen-bond donors (Lipinski definition) is 2. The fourth-order valence-corrected chi connectivity index (χ4v) is 3.81. The van der Waals surface area contributed by atoms with E-state index in [0.717, 1.165) is 41.7 Å². The first-order valence-electron chi connectivity index (χ1n) is 10.6. The van der Waals surface area contributed by atoms with E-state index < -0.39 is 0 Å². The van der Waals surface area contributed by atoms with Gasteiger partial charge in [-0.05, 0) is 61.0 Å². The Morgan fingerprint density at radius 3 is 2.50 bits per heavy atom. The van der Waals surface area contributed by atoms with E-state index in [1.165, 1.54) is 0 Å². The minimum Gasteiger partial charge on any atom is -0.484 e. The molecule has 0 unspecified atom stereocenters. The van der Waals surface area contributed by atoms with Gasteiger partial charge in [-0.3, -0.25) is 4.79 Å². The monoisotopic (exact) mass is 431 g/mol. The molecule has 1 aliphatic heterocycles. The highest BCUT2D eigenvalue weighted by atomic mass is 16.5. The molecule has 0 saturated carbocycles. The van der Waals surface area contributed by atoms with Crippen LogP contribution in [0, 0.1) is 11.3 Å². The molecule has 0 atom stereocenters. The summed E-state index contributed by atoms with van der Waals surface area (Å²) in [5.41, 5.74) is 9.60. The molecule has 4 rings (SSSR count). The Bertz CT molecular complexity index is 1080. The van der Waals surface area contributed by atoms with Crippen LogP contribution in [0.2, 0.25) is 0 Å². The number of nitriles is 1. The first kappa shape index (κ1) is 22.9. The molecule has 1 aromatic heterocycles. The number of fused-ring (bicyclic) bond motifs is 1. The van der Waals surface area contributed by atoms with E-state index in [-0.39, 0.29) is 12.5 Å². The summed E-state index contributed by atoms with van der Waals surface area (Å²) in [6.07, 6.45) is 2.77. The van der Waals surface area contributed by atoms with Crippen LogP contribution < -0.4 is 15.4 Å². The Morgan fingerprint density at radius 2 is 1.84 bits per heavy atom. The van der Waals surface area contributed by atoms with Gasteiger partial charge >= 0.3 is 0 Å². The van der Waals surface area contributed by atoms with Crippen molar-refractivity contribution in [2.24, 2.45) is 5.73 Å². The van der Waals surface area contributed by atoms with Gasteiger partial charge in [-0.15, -0.1) is 13.2 Å². The standard InChI is InChI=1S/C23H25N5O2.C2H4/c24-8-7-18-15-26-22-6-5-20(13-21(18)22)30-16-23(29)28-11-9-27(10-12-28)19-3-1-17(14-25)2-4-19;1-2/h1-6,13,15,26H,7-12,16,24H2;1-2H2. The van der Waals surface area contributed by atoms with Crippen molar-refractivity contribution in [3.8, 4) is 11.8 Å². The van der Waals surface area contributed by atoms with E-state index in [1.807, 2.05) is 53.6 Å². The van der Waals surface area contributed by atoms with Crippen molar-refractivity contribution in [2.75, 3.05) is 44.2 Å². The molecule has 32 heavy (non-hydrogen) atoms. The van der Waals surface area contributed by atoms with Crippen molar-refractivity contribution >= 4 is 22.5 Å². The lowest BCUT2D eigenvalue weighted by Gasteiger charge is -2.36. The summed E-state index contributed by atoms with van der Waals surface area (Å²) in [6, 6.07) is 15.5. The fourth-order valence-electron chi connectivity index (χ4n) is 3.81. The number of benzene rings is 2. The highest BCUT2D eigenvalue weighted by Gasteiger charge is 2.21. The van der Waals surface area contributed by atoms with Crippen molar-refractivity contribution in [1.82, 2.24) is 9.88 Å². The van der Waals surface area contributed by atoms with Crippen molar-refractivity contribution in [1.29, 1.82) is 5.26 Å². The molecule has 0 bridgehead atoms. The Balaban J connectivity index is 0.00000141. The van der Waals surface area contributed by atoms with Crippen molar-refractivity contribution in [2.45, 2.75) is 6.42 Å². The third-order valence-corrected chi connectivity index (χ3v) is 5.51. The number of piperazine rings is 1. The number of ether oxygens (including phenoxy) is 1. The summed E-state index contributed by atoms with van der Waals surface area (Å²) in [4.78, 5) is 19.9. The number of nitrogens with one attached hydrogen (secondary N) is 1. The summed E-state index contributed by atoms with van der Waals surface area (Å²) in [5, 5.41) is 10.0. The lowest BCUT2D eigenvalue weighted by atomic mass is 10.1. The molecule has 0 spiro atoms. The Morgan fingerprint density at radius 1 is 1.12 bits per heavy atom. The lowest BCUT2D eigenvalue weighted by Crippen LogP contribution is -2.50. The highest BCUT2D eigenvalue weighted by Crippen LogP contribution is 2.24. The number of aromatic nitrogens is 1. The van der Waals surface area contributed by atoms with Gasteiger partial charge < -0.3 is 25.3 Å². The van der Waals surface area contributed by atoms with Gasteiger partial charge in [0.25, 0.3) is 5.91 Å². The molecule has 0 radical (unpaired) electrons. The smallest absolute Gasteiger partial charge is 0.260 e. The number of anilines is 1. The van der Waals surface area contributed by atoms with Crippen LogP contribution in [0.1, 0.15) is 11.1 Å². The minimum absolute atomic E-state index is 0.00849. The topological polar surface area (TPSA) is 98.4 Å². The van der Waals surface area contributed by atoms with Crippen molar-refractivity contribution in [3.63, 3.8) is 0 Å². The molecule has 7 heteroatoms. The largest absolute Gasteiger partial charge is 0.484 e. The van der Waals surface area contributed by atoms with E-state index in [2.05, 4.69) is 29.1 Å². The number of nitrogens with two attached hydrogens (primary N) is 1. The number of aromatic amines is 1. The molecule has 1 aliphatic rings. The second-order valence-corrected chi connectivity index (χ2v) is 7.38.